The van der Waals surface area contributed by atoms with E-state index in [1.54, 1.807) is 0 Å². The van der Waals surface area contributed by atoms with Crippen molar-refractivity contribution < 1.29 is 0 Å². The van der Waals surface area contributed by atoms with Crippen LogP contribution in [0, 0.1) is 13.8 Å². The molecule has 0 saturated carbocycles. The minimum atomic E-state index is 0.557. The van der Waals surface area contributed by atoms with E-state index < -0.39 is 0 Å². The summed E-state index contributed by atoms with van der Waals surface area (Å²) in [6.45, 7) is 19.7. The van der Waals surface area contributed by atoms with Crippen molar-refractivity contribution >= 4 is 5.96 Å². The van der Waals surface area contributed by atoms with E-state index >= 15 is 0 Å². The van der Waals surface area contributed by atoms with Crippen molar-refractivity contribution in [2.45, 2.75) is 73.5 Å². The molecule has 1 aromatic heterocycles. The van der Waals surface area contributed by atoms with Gasteiger partial charge in [-0.3, -0.25) is 14.6 Å². The molecule has 0 aromatic carbocycles. The summed E-state index contributed by atoms with van der Waals surface area (Å²) in [5.74, 6) is 0.906. The molecule has 0 fully saturated rings. The Balaban J connectivity index is 2.41. The summed E-state index contributed by atoms with van der Waals surface area (Å²) in [6, 6.07) is 3.23. The van der Waals surface area contributed by atoms with Crippen LogP contribution >= 0.6 is 0 Å². The predicted molar refractivity (Wildman–Crippen MR) is 107 cm³/mol. The summed E-state index contributed by atoms with van der Waals surface area (Å²) < 4.78 is 2.06. The topological polar surface area (TPSA) is 57.5 Å². The van der Waals surface area contributed by atoms with Gasteiger partial charge in [-0.2, -0.15) is 5.10 Å². The third-order valence-corrected chi connectivity index (χ3v) is 4.23. The van der Waals surface area contributed by atoms with E-state index in [-0.39, 0.29) is 0 Å². The van der Waals surface area contributed by atoms with Gasteiger partial charge in [0.2, 0.25) is 0 Å². The van der Waals surface area contributed by atoms with Crippen LogP contribution in [-0.2, 0) is 6.54 Å². The molecule has 0 spiro atoms. The minimum absolute atomic E-state index is 0.557. The van der Waals surface area contributed by atoms with Crippen LogP contribution in [0.4, 0.5) is 0 Å². The van der Waals surface area contributed by atoms with E-state index in [1.807, 2.05) is 6.92 Å². The Kier molecular flexibility index (Phi) is 9.57. The van der Waals surface area contributed by atoms with E-state index in [0.29, 0.717) is 12.1 Å². The highest BCUT2D eigenvalue weighted by Crippen LogP contribution is 2.04. The normalized spacial score (nSPS) is 12.5. The van der Waals surface area contributed by atoms with Crippen LogP contribution in [0.2, 0.25) is 0 Å². The number of hydrogen-bond acceptors (Lipinski definition) is 3. The largest absolute Gasteiger partial charge is 0.357 e. The van der Waals surface area contributed by atoms with Gasteiger partial charge >= 0.3 is 0 Å². The Morgan fingerprint density at radius 1 is 1.20 bits per heavy atom. The molecule has 25 heavy (non-hydrogen) atoms. The summed E-state index contributed by atoms with van der Waals surface area (Å²) >= 11 is 0. The van der Waals surface area contributed by atoms with Crippen molar-refractivity contribution in [1.82, 2.24) is 25.3 Å². The second-order valence-electron chi connectivity index (χ2n) is 7.12. The molecule has 0 amide bonds. The molecule has 0 bridgehead atoms. The number of aromatic nitrogens is 2. The fraction of sp³-hybridized carbons (Fsp3) is 0.789. The van der Waals surface area contributed by atoms with Crippen molar-refractivity contribution in [3.63, 3.8) is 0 Å². The molecule has 6 nitrogen and oxygen atoms in total. The first-order valence-corrected chi connectivity index (χ1v) is 9.64. The standard InChI is InChI=1S/C19H38N6/c1-8-20-19(22-11-13-24(15(2)3)16(4)5)21-10-9-12-25-18(7)14-17(6)23-25/h14-16H,8-13H2,1-7H3,(H2,20,21,22). The average molecular weight is 351 g/mol. The lowest BCUT2D eigenvalue weighted by atomic mass is 10.2. The molecule has 1 rings (SSSR count). The Morgan fingerprint density at radius 3 is 2.40 bits per heavy atom. The summed E-state index contributed by atoms with van der Waals surface area (Å²) in [5.41, 5.74) is 2.30. The van der Waals surface area contributed by atoms with E-state index in [0.717, 1.165) is 50.8 Å². The number of hydrogen-bond donors (Lipinski definition) is 2. The van der Waals surface area contributed by atoms with E-state index in [1.165, 1.54) is 5.69 Å². The molecule has 0 saturated heterocycles. The Labute approximate surface area is 154 Å². The fourth-order valence-electron chi connectivity index (χ4n) is 3.07. The quantitative estimate of drug-likeness (QED) is 0.387. The van der Waals surface area contributed by atoms with Gasteiger partial charge in [-0.1, -0.05) is 0 Å². The predicted octanol–water partition coefficient (Wildman–Crippen LogP) is 2.56. The van der Waals surface area contributed by atoms with E-state index in [9.17, 15) is 0 Å². The second-order valence-corrected chi connectivity index (χ2v) is 7.12. The van der Waals surface area contributed by atoms with Crippen molar-refractivity contribution in [2.24, 2.45) is 4.99 Å². The number of aryl methyl sites for hydroxylation is 3. The smallest absolute Gasteiger partial charge is 0.191 e. The zero-order valence-electron chi connectivity index (χ0n) is 17.3. The molecule has 144 valence electrons. The average Bonchev–Trinajstić information content (AvgIpc) is 2.84. The van der Waals surface area contributed by atoms with Crippen LogP contribution in [0.15, 0.2) is 11.1 Å². The number of nitrogens with one attached hydrogen (secondary N) is 2. The molecular weight excluding hydrogens is 312 g/mol. The lowest BCUT2D eigenvalue weighted by Crippen LogP contribution is -2.45. The van der Waals surface area contributed by atoms with Crippen molar-refractivity contribution in [2.75, 3.05) is 26.2 Å². The van der Waals surface area contributed by atoms with Gasteiger partial charge in [0.25, 0.3) is 0 Å². The van der Waals surface area contributed by atoms with Gasteiger partial charge in [0, 0.05) is 50.5 Å². The van der Waals surface area contributed by atoms with E-state index in [2.05, 4.69) is 77.9 Å². The highest BCUT2D eigenvalue weighted by atomic mass is 15.3. The first-order valence-electron chi connectivity index (χ1n) is 9.64. The zero-order chi connectivity index (χ0) is 18.8. The van der Waals surface area contributed by atoms with E-state index in [4.69, 9.17) is 0 Å². The molecule has 1 heterocycles. The molecule has 0 radical (unpaired) electrons. The maximum absolute atomic E-state index is 4.69. The molecular formula is C19H38N6. The first kappa shape index (κ1) is 21.5. The molecule has 0 atom stereocenters. The Morgan fingerprint density at radius 2 is 1.88 bits per heavy atom. The van der Waals surface area contributed by atoms with Gasteiger partial charge in [0.15, 0.2) is 5.96 Å². The van der Waals surface area contributed by atoms with Gasteiger partial charge in [0.1, 0.15) is 0 Å². The Hall–Kier alpha value is -1.56. The molecule has 0 unspecified atom stereocenters. The maximum Gasteiger partial charge on any atom is 0.191 e. The van der Waals surface area contributed by atoms with Crippen LogP contribution in [0.3, 0.4) is 0 Å². The van der Waals surface area contributed by atoms with Crippen molar-refractivity contribution in [3.05, 3.63) is 17.5 Å². The van der Waals surface area contributed by atoms with Crippen molar-refractivity contribution in [1.29, 1.82) is 0 Å². The third kappa shape index (κ3) is 7.90. The summed E-state index contributed by atoms with van der Waals surface area (Å²) in [6.07, 6.45) is 0.989. The third-order valence-electron chi connectivity index (χ3n) is 4.23. The minimum Gasteiger partial charge on any atom is -0.357 e. The van der Waals surface area contributed by atoms with Crippen LogP contribution in [-0.4, -0.2) is 58.9 Å². The maximum atomic E-state index is 4.69. The zero-order valence-corrected chi connectivity index (χ0v) is 17.3. The molecule has 6 heteroatoms. The molecule has 0 aliphatic rings. The van der Waals surface area contributed by atoms with Crippen LogP contribution in [0.5, 0.6) is 0 Å². The van der Waals surface area contributed by atoms with Crippen LogP contribution in [0.1, 0.15) is 52.4 Å². The van der Waals surface area contributed by atoms with Crippen molar-refractivity contribution in [3.8, 4) is 0 Å². The van der Waals surface area contributed by atoms with Gasteiger partial charge in [0.05, 0.1) is 5.69 Å². The number of aliphatic imine (C=N–C) groups is 1. The van der Waals surface area contributed by atoms with Crippen LogP contribution < -0.4 is 10.6 Å². The lowest BCUT2D eigenvalue weighted by molar-refractivity contribution is 0.178. The monoisotopic (exact) mass is 350 g/mol. The van der Waals surface area contributed by atoms with Crippen LogP contribution in [0.25, 0.3) is 0 Å². The lowest BCUT2D eigenvalue weighted by Gasteiger charge is -2.30. The summed E-state index contributed by atoms with van der Waals surface area (Å²) in [5, 5.41) is 11.3. The van der Waals surface area contributed by atoms with Gasteiger partial charge in [-0.05, 0) is 61.0 Å². The first-order chi connectivity index (χ1) is 11.8. The van der Waals surface area contributed by atoms with Gasteiger partial charge in [-0.15, -0.1) is 0 Å². The van der Waals surface area contributed by atoms with Gasteiger partial charge in [-0.25, -0.2) is 0 Å². The molecule has 0 aliphatic carbocycles. The SMILES string of the molecule is CCNC(=NCCCn1nc(C)cc1C)NCCN(C(C)C)C(C)C. The summed E-state index contributed by atoms with van der Waals surface area (Å²) in [7, 11) is 0. The van der Waals surface area contributed by atoms with Gasteiger partial charge < -0.3 is 10.6 Å². The highest BCUT2D eigenvalue weighted by Gasteiger charge is 2.12. The fourth-order valence-corrected chi connectivity index (χ4v) is 3.07. The number of rotatable bonds is 10. The second kappa shape index (κ2) is 11.1. The number of nitrogens with zero attached hydrogens (tertiary/aromatic N) is 4. The highest BCUT2D eigenvalue weighted by molar-refractivity contribution is 5.79. The Bertz CT molecular complexity index is 510. The summed E-state index contributed by atoms with van der Waals surface area (Å²) in [4.78, 5) is 7.17. The molecule has 0 aliphatic heterocycles. The molecule has 2 N–H and O–H groups in total. The molecule has 1 aromatic rings. The number of guanidine groups is 1.